The molecule has 0 atom stereocenters. The summed E-state index contributed by atoms with van der Waals surface area (Å²) >= 11 is 0. The molecule has 0 radical (unpaired) electrons. The lowest BCUT2D eigenvalue weighted by atomic mass is 10.1. The molecule has 0 fully saturated rings. The van der Waals surface area contributed by atoms with Gasteiger partial charge in [0, 0.05) is 17.5 Å². The third-order valence-electron chi connectivity index (χ3n) is 3.05. The first-order valence-corrected chi connectivity index (χ1v) is 5.83. The summed E-state index contributed by atoms with van der Waals surface area (Å²) in [6.07, 6.45) is 0.389. The molecule has 0 N–H and O–H groups in total. The number of para-hydroxylation sites is 1. The molecule has 0 saturated heterocycles. The molecule has 2 aromatic rings. The van der Waals surface area contributed by atoms with E-state index < -0.39 is 5.97 Å². The topological polar surface area (TPSA) is 48.3 Å². The molecule has 1 aromatic heterocycles. The van der Waals surface area contributed by atoms with Gasteiger partial charge in [0.25, 0.3) is 0 Å². The molecule has 18 heavy (non-hydrogen) atoms. The van der Waals surface area contributed by atoms with Crippen LogP contribution in [0.3, 0.4) is 0 Å². The van der Waals surface area contributed by atoms with E-state index in [-0.39, 0.29) is 5.91 Å². The molecule has 2 rings (SSSR count). The summed E-state index contributed by atoms with van der Waals surface area (Å²) in [4.78, 5) is 23.8. The van der Waals surface area contributed by atoms with Gasteiger partial charge in [-0.05, 0) is 13.0 Å². The molecule has 4 heteroatoms. The van der Waals surface area contributed by atoms with Gasteiger partial charge in [0.05, 0.1) is 18.2 Å². The lowest BCUT2D eigenvalue weighted by molar-refractivity contribution is 0.0602. The minimum Gasteiger partial charge on any atom is -0.465 e. The standard InChI is InChI=1S/C14H15NO3/c1-4-12(16)15-9(2)13(14(17)18-3)10-7-5-6-8-11(10)15/h5-8H,4H2,1-3H3. The summed E-state index contributed by atoms with van der Waals surface area (Å²) in [5, 5.41) is 0.753. The summed E-state index contributed by atoms with van der Waals surface area (Å²) in [6.45, 7) is 3.56. The fourth-order valence-electron chi connectivity index (χ4n) is 2.21. The molecule has 0 aliphatic rings. The van der Waals surface area contributed by atoms with Crippen molar-refractivity contribution in [3.63, 3.8) is 0 Å². The highest BCUT2D eigenvalue weighted by atomic mass is 16.5. The lowest BCUT2D eigenvalue weighted by Gasteiger charge is -2.04. The van der Waals surface area contributed by atoms with Gasteiger partial charge in [-0.3, -0.25) is 9.36 Å². The Kier molecular flexibility index (Phi) is 3.19. The van der Waals surface area contributed by atoms with Crippen molar-refractivity contribution >= 4 is 22.8 Å². The first-order chi connectivity index (χ1) is 8.61. The van der Waals surface area contributed by atoms with Gasteiger partial charge in [-0.15, -0.1) is 0 Å². The number of methoxy groups -OCH3 is 1. The van der Waals surface area contributed by atoms with Crippen LogP contribution in [0, 0.1) is 6.92 Å². The molecule has 0 saturated carbocycles. The van der Waals surface area contributed by atoms with E-state index in [1.165, 1.54) is 7.11 Å². The number of carbonyl (C=O) groups excluding carboxylic acids is 2. The van der Waals surface area contributed by atoms with E-state index in [4.69, 9.17) is 4.74 Å². The monoisotopic (exact) mass is 245 g/mol. The van der Waals surface area contributed by atoms with E-state index in [1.807, 2.05) is 24.3 Å². The number of ether oxygens (including phenoxy) is 1. The Balaban J connectivity index is 2.83. The number of esters is 1. The minimum atomic E-state index is -0.411. The normalized spacial score (nSPS) is 10.6. The highest BCUT2D eigenvalue weighted by Crippen LogP contribution is 2.26. The third-order valence-corrected chi connectivity index (χ3v) is 3.05. The first kappa shape index (κ1) is 12.4. The van der Waals surface area contributed by atoms with Crippen molar-refractivity contribution in [3.8, 4) is 0 Å². The van der Waals surface area contributed by atoms with E-state index in [0.717, 1.165) is 10.9 Å². The summed E-state index contributed by atoms with van der Waals surface area (Å²) in [7, 11) is 1.34. The molecule has 0 aliphatic heterocycles. The Morgan fingerprint density at radius 2 is 1.94 bits per heavy atom. The second kappa shape index (κ2) is 4.64. The SMILES string of the molecule is CCC(=O)n1c(C)c(C(=O)OC)c2ccccc21. The molecule has 0 spiro atoms. The molecule has 4 nitrogen and oxygen atoms in total. The minimum absolute atomic E-state index is 0.0288. The second-order valence-electron chi connectivity index (χ2n) is 4.05. The quantitative estimate of drug-likeness (QED) is 0.764. The van der Waals surface area contributed by atoms with Crippen molar-refractivity contribution in [2.75, 3.05) is 7.11 Å². The van der Waals surface area contributed by atoms with E-state index in [2.05, 4.69) is 0 Å². The third kappa shape index (κ3) is 1.70. The zero-order valence-electron chi connectivity index (χ0n) is 10.7. The molecule has 0 amide bonds. The molecule has 0 unspecified atom stereocenters. The van der Waals surface area contributed by atoms with Crippen LogP contribution in [-0.2, 0) is 4.74 Å². The number of rotatable bonds is 2. The smallest absolute Gasteiger partial charge is 0.340 e. The van der Waals surface area contributed by atoms with E-state index in [1.54, 1.807) is 18.4 Å². The van der Waals surface area contributed by atoms with Gasteiger partial charge in [0.1, 0.15) is 0 Å². The van der Waals surface area contributed by atoms with Crippen LogP contribution in [0.2, 0.25) is 0 Å². The van der Waals surface area contributed by atoms with Gasteiger partial charge in [-0.1, -0.05) is 25.1 Å². The maximum Gasteiger partial charge on any atom is 0.340 e. The highest BCUT2D eigenvalue weighted by Gasteiger charge is 2.22. The summed E-state index contributed by atoms with van der Waals surface area (Å²) in [6, 6.07) is 7.35. The van der Waals surface area contributed by atoms with Crippen molar-refractivity contribution in [2.24, 2.45) is 0 Å². The van der Waals surface area contributed by atoms with Crippen LogP contribution >= 0.6 is 0 Å². The zero-order chi connectivity index (χ0) is 13.3. The van der Waals surface area contributed by atoms with Crippen molar-refractivity contribution in [1.82, 2.24) is 4.57 Å². The summed E-state index contributed by atoms with van der Waals surface area (Å²) in [5.41, 5.74) is 1.85. The van der Waals surface area contributed by atoms with Crippen LogP contribution in [-0.4, -0.2) is 23.6 Å². The highest BCUT2D eigenvalue weighted by molar-refractivity contribution is 6.08. The van der Waals surface area contributed by atoms with Gasteiger partial charge >= 0.3 is 5.97 Å². The Labute approximate surface area is 105 Å². The van der Waals surface area contributed by atoms with E-state index in [0.29, 0.717) is 17.7 Å². The van der Waals surface area contributed by atoms with Crippen molar-refractivity contribution in [3.05, 3.63) is 35.5 Å². The Morgan fingerprint density at radius 3 is 2.56 bits per heavy atom. The predicted molar refractivity (Wildman–Crippen MR) is 68.9 cm³/mol. The molecule has 1 aromatic carbocycles. The number of benzene rings is 1. The number of aromatic nitrogens is 1. The number of carbonyl (C=O) groups is 2. The fraction of sp³-hybridized carbons (Fsp3) is 0.286. The first-order valence-electron chi connectivity index (χ1n) is 5.83. The van der Waals surface area contributed by atoms with Crippen molar-refractivity contribution < 1.29 is 14.3 Å². The van der Waals surface area contributed by atoms with Gasteiger partial charge in [-0.2, -0.15) is 0 Å². The van der Waals surface area contributed by atoms with E-state index >= 15 is 0 Å². The Hall–Kier alpha value is -2.10. The van der Waals surface area contributed by atoms with Crippen LogP contribution in [0.15, 0.2) is 24.3 Å². The molecule has 94 valence electrons. The number of fused-ring (bicyclic) bond motifs is 1. The fourth-order valence-corrected chi connectivity index (χ4v) is 2.21. The average molecular weight is 245 g/mol. The Bertz CT molecular complexity index is 572. The number of hydrogen-bond donors (Lipinski definition) is 0. The molecule has 0 aliphatic carbocycles. The van der Waals surface area contributed by atoms with Gasteiger partial charge in [-0.25, -0.2) is 4.79 Å². The largest absolute Gasteiger partial charge is 0.465 e. The van der Waals surface area contributed by atoms with Gasteiger partial charge in [0.2, 0.25) is 5.91 Å². The molecule has 1 heterocycles. The lowest BCUT2D eigenvalue weighted by Crippen LogP contribution is -2.12. The van der Waals surface area contributed by atoms with Crippen LogP contribution in [0.5, 0.6) is 0 Å². The molecular formula is C14H15NO3. The van der Waals surface area contributed by atoms with Gasteiger partial charge < -0.3 is 4.74 Å². The maximum atomic E-state index is 12.0. The van der Waals surface area contributed by atoms with Crippen molar-refractivity contribution in [1.29, 1.82) is 0 Å². The molecule has 0 bridgehead atoms. The van der Waals surface area contributed by atoms with Crippen LogP contribution < -0.4 is 0 Å². The van der Waals surface area contributed by atoms with Crippen LogP contribution in [0.25, 0.3) is 10.9 Å². The van der Waals surface area contributed by atoms with Gasteiger partial charge in [0.15, 0.2) is 0 Å². The van der Waals surface area contributed by atoms with E-state index in [9.17, 15) is 9.59 Å². The zero-order valence-corrected chi connectivity index (χ0v) is 10.7. The Morgan fingerprint density at radius 1 is 1.28 bits per heavy atom. The second-order valence-corrected chi connectivity index (χ2v) is 4.05. The molecular weight excluding hydrogens is 230 g/mol. The van der Waals surface area contributed by atoms with Crippen molar-refractivity contribution in [2.45, 2.75) is 20.3 Å². The predicted octanol–water partition coefficient (Wildman–Crippen LogP) is 2.79. The average Bonchev–Trinajstić information content (AvgIpc) is 2.69. The maximum absolute atomic E-state index is 12.0. The summed E-state index contributed by atoms with van der Waals surface area (Å²) < 4.78 is 6.37. The number of hydrogen-bond acceptors (Lipinski definition) is 3. The van der Waals surface area contributed by atoms with Crippen LogP contribution in [0.1, 0.15) is 34.2 Å². The number of nitrogens with zero attached hydrogens (tertiary/aromatic N) is 1. The van der Waals surface area contributed by atoms with Crippen LogP contribution in [0.4, 0.5) is 0 Å². The summed E-state index contributed by atoms with van der Waals surface area (Å²) in [5.74, 6) is -0.440.